The van der Waals surface area contributed by atoms with E-state index in [-0.39, 0.29) is 12.0 Å². The number of H-pyrrole nitrogens is 1. The molecular formula is C18H19N5O2. The summed E-state index contributed by atoms with van der Waals surface area (Å²) in [6.07, 6.45) is 6.15. The number of aromatic nitrogens is 4. The van der Waals surface area contributed by atoms with Gasteiger partial charge in [-0.1, -0.05) is 0 Å². The predicted molar refractivity (Wildman–Crippen MR) is 93.1 cm³/mol. The summed E-state index contributed by atoms with van der Waals surface area (Å²) < 4.78 is 5.96. The van der Waals surface area contributed by atoms with Crippen molar-refractivity contribution in [1.82, 2.24) is 24.8 Å². The van der Waals surface area contributed by atoms with Crippen molar-refractivity contribution in [2.24, 2.45) is 0 Å². The zero-order valence-corrected chi connectivity index (χ0v) is 14.2. The maximum absolute atomic E-state index is 11.4. The van der Waals surface area contributed by atoms with Crippen LogP contribution in [0.3, 0.4) is 0 Å². The third kappa shape index (κ3) is 2.93. The van der Waals surface area contributed by atoms with Gasteiger partial charge in [-0.05, 0) is 19.1 Å². The monoisotopic (exact) mass is 337 g/mol. The highest BCUT2D eigenvalue weighted by Gasteiger charge is 2.26. The maximum atomic E-state index is 11.4. The van der Waals surface area contributed by atoms with Crippen LogP contribution in [-0.2, 0) is 4.79 Å². The molecule has 0 radical (unpaired) electrons. The van der Waals surface area contributed by atoms with Crippen molar-refractivity contribution in [1.29, 1.82) is 0 Å². The van der Waals surface area contributed by atoms with E-state index in [0.29, 0.717) is 12.4 Å². The number of aryl methyl sites for hydroxylation is 1. The number of pyridine rings is 1. The maximum Gasteiger partial charge on any atom is 0.235 e. The van der Waals surface area contributed by atoms with Gasteiger partial charge < -0.3 is 14.6 Å². The lowest BCUT2D eigenvalue weighted by Crippen LogP contribution is -2.29. The molecule has 1 unspecified atom stereocenters. The van der Waals surface area contributed by atoms with Gasteiger partial charge in [0.2, 0.25) is 11.8 Å². The van der Waals surface area contributed by atoms with E-state index in [9.17, 15) is 4.79 Å². The van der Waals surface area contributed by atoms with E-state index in [1.165, 1.54) is 0 Å². The average molecular weight is 337 g/mol. The van der Waals surface area contributed by atoms with Crippen LogP contribution in [0.1, 0.15) is 19.0 Å². The Kier molecular flexibility index (Phi) is 3.83. The van der Waals surface area contributed by atoms with Gasteiger partial charge in [0, 0.05) is 43.2 Å². The first kappa shape index (κ1) is 15.6. The molecule has 0 aromatic carbocycles. The summed E-state index contributed by atoms with van der Waals surface area (Å²) in [6, 6.07) is 3.91. The van der Waals surface area contributed by atoms with Crippen molar-refractivity contribution in [2.75, 3.05) is 13.1 Å². The third-order valence-electron chi connectivity index (χ3n) is 4.50. The Bertz CT molecular complexity index is 936. The second-order valence-electron chi connectivity index (χ2n) is 6.24. The molecule has 1 N–H and O–H groups in total. The Morgan fingerprint density at radius 1 is 1.40 bits per heavy atom. The Labute approximate surface area is 145 Å². The SMILES string of the molecule is CC(=O)N1CCC(Oc2ncc(-c3c[nH]c4ncccc34)nc2C)C1. The van der Waals surface area contributed by atoms with Crippen molar-refractivity contribution < 1.29 is 9.53 Å². The Morgan fingerprint density at radius 3 is 3.04 bits per heavy atom. The van der Waals surface area contributed by atoms with E-state index in [4.69, 9.17) is 4.74 Å². The number of amides is 1. The van der Waals surface area contributed by atoms with Crippen LogP contribution in [0.4, 0.5) is 0 Å². The van der Waals surface area contributed by atoms with E-state index >= 15 is 0 Å². The van der Waals surface area contributed by atoms with E-state index in [1.807, 2.05) is 25.3 Å². The number of fused-ring (bicyclic) bond motifs is 1. The van der Waals surface area contributed by atoms with Crippen LogP contribution in [0, 0.1) is 6.92 Å². The summed E-state index contributed by atoms with van der Waals surface area (Å²) >= 11 is 0. The summed E-state index contributed by atoms with van der Waals surface area (Å²) in [6.45, 7) is 4.80. The first-order valence-electron chi connectivity index (χ1n) is 8.30. The number of nitrogens with one attached hydrogen (secondary N) is 1. The quantitative estimate of drug-likeness (QED) is 0.793. The van der Waals surface area contributed by atoms with Gasteiger partial charge in [0.25, 0.3) is 0 Å². The molecule has 7 nitrogen and oxygen atoms in total. The molecule has 1 aliphatic rings. The standard InChI is InChI=1S/C18H19N5O2/c1-11-18(25-13-5-7-23(10-13)12(2)24)21-9-16(22-11)15-8-20-17-14(15)4-3-6-19-17/h3-4,6,8-9,13H,5,7,10H2,1-2H3,(H,19,20). The normalized spacial score (nSPS) is 17.2. The highest BCUT2D eigenvalue weighted by molar-refractivity contribution is 5.92. The third-order valence-corrected chi connectivity index (χ3v) is 4.50. The van der Waals surface area contributed by atoms with Crippen LogP contribution in [0.15, 0.2) is 30.7 Å². The van der Waals surface area contributed by atoms with E-state index in [2.05, 4.69) is 19.9 Å². The first-order valence-corrected chi connectivity index (χ1v) is 8.30. The van der Waals surface area contributed by atoms with Crippen molar-refractivity contribution in [2.45, 2.75) is 26.4 Å². The lowest BCUT2D eigenvalue weighted by molar-refractivity contribution is -0.128. The number of carbonyl (C=O) groups is 1. The summed E-state index contributed by atoms with van der Waals surface area (Å²) in [5.74, 6) is 0.606. The molecule has 4 heterocycles. The fourth-order valence-electron chi connectivity index (χ4n) is 3.15. The number of hydrogen-bond acceptors (Lipinski definition) is 5. The van der Waals surface area contributed by atoms with Crippen LogP contribution < -0.4 is 4.74 Å². The number of aromatic amines is 1. The summed E-state index contributed by atoms with van der Waals surface area (Å²) in [4.78, 5) is 29.8. The topological polar surface area (TPSA) is 84.0 Å². The van der Waals surface area contributed by atoms with Gasteiger partial charge in [-0.3, -0.25) is 4.79 Å². The summed E-state index contributed by atoms with van der Waals surface area (Å²) in [5, 5.41) is 1.01. The molecule has 7 heteroatoms. The minimum atomic E-state index is -0.0277. The van der Waals surface area contributed by atoms with Crippen LogP contribution >= 0.6 is 0 Å². The molecule has 1 atom stereocenters. The highest BCUT2D eigenvalue weighted by atomic mass is 16.5. The zero-order chi connectivity index (χ0) is 17.4. The molecule has 1 saturated heterocycles. The molecule has 25 heavy (non-hydrogen) atoms. The van der Waals surface area contributed by atoms with Gasteiger partial charge in [-0.25, -0.2) is 15.0 Å². The number of hydrogen-bond donors (Lipinski definition) is 1. The molecule has 128 valence electrons. The van der Waals surface area contributed by atoms with Gasteiger partial charge in [0.15, 0.2) is 0 Å². The fourth-order valence-corrected chi connectivity index (χ4v) is 3.15. The number of likely N-dealkylation sites (tertiary alicyclic amines) is 1. The highest BCUT2D eigenvalue weighted by Crippen LogP contribution is 2.27. The summed E-state index contributed by atoms with van der Waals surface area (Å²) in [5.41, 5.74) is 3.30. The van der Waals surface area contributed by atoms with Gasteiger partial charge in [-0.2, -0.15) is 0 Å². The second-order valence-corrected chi connectivity index (χ2v) is 6.24. The second kappa shape index (κ2) is 6.16. The smallest absolute Gasteiger partial charge is 0.235 e. The Balaban J connectivity index is 1.56. The molecule has 3 aromatic rings. The molecule has 0 spiro atoms. The van der Waals surface area contributed by atoms with Crippen molar-refractivity contribution in [3.8, 4) is 17.1 Å². The number of ether oxygens (including phenoxy) is 1. The molecule has 0 aliphatic carbocycles. The largest absolute Gasteiger partial charge is 0.471 e. The molecule has 1 aliphatic heterocycles. The predicted octanol–water partition coefficient (Wildman–Crippen LogP) is 2.33. The minimum Gasteiger partial charge on any atom is -0.471 e. The molecule has 3 aromatic heterocycles. The first-order chi connectivity index (χ1) is 12.1. The van der Waals surface area contributed by atoms with E-state index in [1.54, 1.807) is 24.2 Å². The van der Waals surface area contributed by atoms with Gasteiger partial charge >= 0.3 is 0 Å². The van der Waals surface area contributed by atoms with Crippen molar-refractivity contribution in [3.05, 3.63) is 36.4 Å². The van der Waals surface area contributed by atoms with E-state index in [0.717, 1.165) is 41.0 Å². The van der Waals surface area contributed by atoms with Gasteiger partial charge in [-0.15, -0.1) is 0 Å². The number of carbonyl (C=O) groups excluding carboxylic acids is 1. The average Bonchev–Trinajstić information content (AvgIpc) is 3.24. The molecule has 0 saturated carbocycles. The Morgan fingerprint density at radius 2 is 2.28 bits per heavy atom. The van der Waals surface area contributed by atoms with Gasteiger partial charge in [0.1, 0.15) is 17.4 Å². The fraction of sp³-hybridized carbons (Fsp3) is 0.333. The molecule has 1 amide bonds. The number of nitrogens with zero attached hydrogens (tertiary/aromatic N) is 4. The molecular weight excluding hydrogens is 318 g/mol. The number of rotatable bonds is 3. The van der Waals surface area contributed by atoms with Crippen molar-refractivity contribution in [3.63, 3.8) is 0 Å². The van der Waals surface area contributed by atoms with Crippen LogP contribution in [0.2, 0.25) is 0 Å². The molecule has 1 fully saturated rings. The van der Waals surface area contributed by atoms with Crippen molar-refractivity contribution >= 4 is 16.9 Å². The lowest BCUT2D eigenvalue weighted by Gasteiger charge is -2.16. The Hall–Kier alpha value is -2.96. The molecule has 4 rings (SSSR count). The van der Waals surface area contributed by atoms with Crippen LogP contribution in [0.25, 0.3) is 22.3 Å². The lowest BCUT2D eigenvalue weighted by atomic mass is 10.1. The van der Waals surface area contributed by atoms with E-state index < -0.39 is 0 Å². The van der Waals surface area contributed by atoms with Crippen LogP contribution in [-0.4, -0.2) is 49.9 Å². The minimum absolute atomic E-state index is 0.0277. The molecule has 0 bridgehead atoms. The van der Waals surface area contributed by atoms with Gasteiger partial charge in [0.05, 0.1) is 18.4 Å². The van der Waals surface area contributed by atoms with Crippen LogP contribution in [0.5, 0.6) is 5.88 Å². The zero-order valence-electron chi connectivity index (χ0n) is 14.2. The summed E-state index contributed by atoms with van der Waals surface area (Å²) in [7, 11) is 0.